The molecule has 8 heteroatoms. The molecule has 0 radical (unpaired) electrons. The predicted molar refractivity (Wildman–Crippen MR) is 122 cm³/mol. The lowest BCUT2D eigenvalue weighted by molar-refractivity contribution is 0.368. The van der Waals surface area contributed by atoms with E-state index in [9.17, 15) is 0 Å². The lowest BCUT2D eigenvalue weighted by atomic mass is 10.1. The first-order valence-corrected chi connectivity index (χ1v) is 8.92. The first-order chi connectivity index (χ1) is 13.2. The predicted octanol–water partition coefficient (Wildman–Crippen LogP) is 3.02. The zero-order valence-electron chi connectivity index (χ0n) is 16.8. The summed E-state index contributed by atoms with van der Waals surface area (Å²) in [6, 6.07) is 9.53. The topological polar surface area (TPSA) is 77.0 Å². The van der Waals surface area contributed by atoms with Gasteiger partial charge in [-0.15, -0.1) is 24.0 Å². The fourth-order valence-electron chi connectivity index (χ4n) is 2.62. The number of pyridine rings is 1. The third-order valence-electron chi connectivity index (χ3n) is 3.95. The van der Waals surface area contributed by atoms with Crippen LogP contribution in [0.15, 0.2) is 41.5 Å². The molecule has 1 aromatic heterocycles. The van der Waals surface area contributed by atoms with Crippen LogP contribution in [-0.2, 0) is 13.0 Å². The van der Waals surface area contributed by atoms with Crippen molar-refractivity contribution < 1.29 is 14.2 Å². The molecule has 28 heavy (non-hydrogen) atoms. The van der Waals surface area contributed by atoms with Crippen LogP contribution in [-0.4, -0.2) is 45.4 Å². The highest BCUT2D eigenvalue weighted by molar-refractivity contribution is 14.0. The molecule has 0 aliphatic rings. The summed E-state index contributed by atoms with van der Waals surface area (Å²) >= 11 is 0. The molecule has 0 spiro atoms. The van der Waals surface area contributed by atoms with Gasteiger partial charge >= 0.3 is 0 Å². The number of guanidine groups is 1. The van der Waals surface area contributed by atoms with Crippen LogP contribution in [0, 0.1) is 0 Å². The molecule has 7 nitrogen and oxygen atoms in total. The number of hydrogen-bond acceptors (Lipinski definition) is 5. The van der Waals surface area contributed by atoms with E-state index >= 15 is 0 Å². The van der Waals surface area contributed by atoms with Crippen molar-refractivity contribution in [3.63, 3.8) is 0 Å². The standard InChI is InChI=1S/C20H28N4O3.HI/c1-5-21-20(24-14-15-8-6-7-10-22-15)23-11-9-17-18(26-3)12-16(25-2)13-19(17)27-4;/h6-8,10,12-13H,5,9,11,14H2,1-4H3,(H2,21,23,24);1H. The summed E-state index contributed by atoms with van der Waals surface area (Å²) in [5.74, 6) is 2.92. The van der Waals surface area contributed by atoms with Crippen molar-refractivity contribution in [2.75, 3.05) is 34.4 Å². The van der Waals surface area contributed by atoms with Gasteiger partial charge < -0.3 is 24.8 Å². The molecule has 0 saturated heterocycles. The van der Waals surface area contributed by atoms with Crippen LogP contribution in [0.3, 0.4) is 0 Å². The molecule has 1 aromatic carbocycles. The van der Waals surface area contributed by atoms with Crippen LogP contribution in [0.25, 0.3) is 0 Å². The molecule has 0 atom stereocenters. The minimum absolute atomic E-state index is 0. The molecule has 0 amide bonds. The fraction of sp³-hybridized carbons (Fsp3) is 0.400. The van der Waals surface area contributed by atoms with E-state index in [0.29, 0.717) is 25.3 Å². The number of rotatable bonds is 9. The molecule has 0 aliphatic carbocycles. The van der Waals surface area contributed by atoms with E-state index in [-0.39, 0.29) is 24.0 Å². The Balaban J connectivity index is 0.00000392. The quantitative estimate of drug-likeness (QED) is 0.313. The number of aliphatic imine (C=N–C) groups is 1. The number of nitrogens with zero attached hydrogens (tertiary/aromatic N) is 2. The van der Waals surface area contributed by atoms with Gasteiger partial charge in [0.05, 0.1) is 33.6 Å². The lowest BCUT2D eigenvalue weighted by Crippen LogP contribution is -2.38. The number of halogens is 1. The summed E-state index contributed by atoms with van der Waals surface area (Å²) in [4.78, 5) is 8.87. The van der Waals surface area contributed by atoms with Crippen molar-refractivity contribution in [1.82, 2.24) is 15.6 Å². The number of methoxy groups -OCH3 is 3. The summed E-state index contributed by atoms with van der Waals surface area (Å²) in [7, 11) is 4.91. The Morgan fingerprint density at radius 3 is 2.29 bits per heavy atom. The minimum atomic E-state index is 0. The third-order valence-corrected chi connectivity index (χ3v) is 3.95. The average Bonchev–Trinajstić information content (AvgIpc) is 2.72. The van der Waals surface area contributed by atoms with Gasteiger partial charge in [-0.3, -0.25) is 4.98 Å². The van der Waals surface area contributed by atoms with Gasteiger partial charge in [0.2, 0.25) is 0 Å². The van der Waals surface area contributed by atoms with Crippen LogP contribution in [0.5, 0.6) is 17.2 Å². The van der Waals surface area contributed by atoms with E-state index in [0.717, 1.165) is 35.3 Å². The highest BCUT2D eigenvalue weighted by atomic mass is 127. The van der Waals surface area contributed by atoms with Gasteiger partial charge in [0.15, 0.2) is 5.96 Å². The van der Waals surface area contributed by atoms with Crippen LogP contribution in [0.2, 0.25) is 0 Å². The molecule has 1 heterocycles. The first kappa shape index (κ1) is 23.8. The largest absolute Gasteiger partial charge is 0.496 e. The Kier molecular flexibility index (Phi) is 11.1. The van der Waals surface area contributed by atoms with Gasteiger partial charge in [-0.25, -0.2) is 4.99 Å². The minimum Gasteiger partial charge on any atom is -0.496 e. The second-order valence-corrected chi connectivity index (χ2v) is 5.70. The number of ether oxygens (including phenoxy) is 3. The lowest BCUT2D eigenvalue weighted by Gasteiger charge is -2.16. The fourth-order valence-corrected chi connectivity index (χ4v) is 2.62. The Morgan fingerprint density at radius 2 is 1.75 bits per heavy atom. The average molecular weight is 500 g/mol. The molecule has 0 unspecified atom stereocenters. The van der Waals surface area contributed by atoms with Gasteiger partial charge in [0.25, 0.3) is 0 Å². The van der Waals surface area contributed by atoms with E-state index in [4.69, 9.17) is 14.2 Å². The highest BCUT2D eigenvalue weighted by Gasteiger charge is 2.13. The Hall–Kier alpha value is -2.23. The Labute approximate surface area is 183 Å². The van der Waals surface area contributed by atoms with Gasteiger partial charge in [0, 0.05) is 37.0 Å². The summed E-state index contributed by atoms with van der Waals surface area (Å²) in [6.45, 7) is 4.01. The second kappa shape index (κ2) is 13.0. The smallest absolute Gasteiger partial charge is 0.191 e. The van der Waals surface area contributed by atoms with E-state index in [2.05, 4.69) is 20.6 Å². The maximum absolute atomic E-state index is 5.50. The molecular formula is C20H29IN4O3. The maximum atomic E-state index is 5.50. The van der Waals surface area contributed by atoms with Crippen molar-refractivity contribution in [2.45, 2.75) is 19.9 Å². The molecule has 0 bridgehead atoms. The molecule has 2 N–H and O–H groups in total. The monoisotopic (exact) mass is 500 g/mol. The van der Waals surface area contributed by atoms with E-state index < -0.39 is 0 Å². The van der Waals surface area contributed by atoms with E-state index in [1.54, 1.807) is 27.5 Å². The molecule has 0 aliphatic heterocycles. The second-order valence-electron chi connectivity index (χ2n) is 5.70. The molecule has 2 rings (SSSR count). The zero-order valence-corrected chi connectivity index (χ0v) is 19.2. The molecule has 154 valence electrons. The van der Waals surface area contributed by atoms with Crippen molar-refractivity contribution in [3.8, 4) is 17.2 Å². The maximum Gasteiger partial charge on any atom is 0.191 e. The Morgan fingerprint density at radius 1 is 1.04 bits per heavy atom. The number of nitrogens with one attached hydrogen (secondary N) is 2. The van der Waals surface area contributed by atoms with Crippen LogP contribution >= 0.6 is 24.0 Å². The molecule has 0 saturated carbocycles. The molecule has 2 aromatic rings. The van der Waals surface area contributed by atoms with E-state index in [1.165, 1.54) is 0 Å². The van der Waals surface area contributed by atoms with E-state index in [1.807, 2.05) is 37.3 Å². The molecular weight excluding hydrogens is 471 g/mol. The number of aromatic nitrogens is 1. The summed E-state index contributed by atoms with van der Waals surface area (Å²) in [5.41, 5.74) is 1.90. The molecule has 0 fully saturated rings. The summed E-state index contributed by atoms with van der Waals surface area (Å²) in [6.07, 6.45) is 2.48. The SMILES string of the molecule is CCNC(=NCc1ccccn1)NCCc1c(OC)cc(OC)cc1OC.I. The normalized spacial score (nSPS) is 10.6. The zero-order chi connectivity index (χ0) is 19.5. The summed E-state index contributed by atoms with van der Waals surface area (Å²) < 4.78 is 16.3. The third kappa shape index (κ3) is 7.06. The van der Waals surface area contributed by atoms with Crippen molar-refractivity contribution in [2.24, 2.45) is 4.99 Å². The Bertz CT molecular complexity index is 716. The summed E-state index contributed by atoms with van der Waals surface area (Å²) in [5, 5.41) is 6.58. The van der Waals surface area contributed by atoms with Crippen molar-refractivity contribution in [1.29, 1.82) is 0 Å². The van der Waals surface area contributed by atoms with Gasteiger partial charge in [0.1, 0.15) is 17.2 Å². The van der Waals surface area contributed by atoms with Crippen molar-refractivity contribution in [3.05, 3.63) is 47.8 Å². The van der Waals surface area contributed by atoms with Gasteiger partial charge in [-0.05, 0) is 25.5 Å². The highest BCUT2D eigenvalue weighted by Crippen LogP contribution is 2.34. The van der Waals surface area contributed by atoms with Gasteiger partial charge in [-0.1, -0.05) is 6.07 Å². The first-order valence-electron chi connectivity index (χ1n) is 8.92. The number of hydrogen-bond donors (Lipinski definition) is 2. The van der Waals surface area contributed by atoms with Crippen LogP contribution < -0.4 is 24.8 Å². The number of benzene rings is 1. The van der Waals surface area contributed by atoms with Crippen LogP contribution in [0.4, 0.5) is 0 Å². The van der Waals surface area contributed by atoms with Gasteiger partial charge in [-0.2, -0.15) is 0 Å². The van der Waals surface area contributed by atoms with Crippen molar-refractivity contribution >= 4 is 29.9 Å². The van der Waals surface area contributed by atoms with Crippen LogP contribution in [0.1, 0.15) is 18.2 Å².